The third kappa shape index (κ3) is 4.34. The Kier molecular flexibility index (Phi) is 5.19. The van der Waals surface area contributed by atoms with Crippen molar-refractivity contribution >= 4 is 17.5 Å². The fourth-order valence-electron chi connectivity index (χ4n) is 1.58. The Bertz CT molecular complexity index is 540. The fourth-order valence-corrected chi connectivity index (χ4v) is 1.58. The average Bonchev–Trinajstić information content (AvgIpc) is 2.35. The minimum Gasteiger partial charge on any atom is -0.352 e. The highest BCUT2D eigenvalue weighted by atomic mass is 16.6. The first-order valence-corrected chi connectivity index (χ1v) is 6.14. The van der Waals surface area contributed by atoms with Gasteiger partial charge in [-0.3, -0.25) is 19.7 Å². The van der Waals surface area contributed by atoms with E-state index in [1.54, 1.807) is 6.92 Å². The van der Waals surface area contributed by atoms with Gasteiger partial charge in [-0.1, -0.05) is 6.07 Å². The summed E-state index contributed by atoms with van der Waals surface area (Å²) in [6, 6.07) is 4.17. The van der Waals surface area contributed by atoms with Crippen LogP contribution in [0.25, 0.3) is 0 Å². The molecule has 0 aliphatic rings. The molecule has 7 nitrogen and oxygen atoms in total. The zero-order chi connectivity index (χ0) is 15.3. The molecular formula is C13H17N3O4. The number of aryl methyl sites for hydroxylation is 1. The number of hydrogen-bond acceptors (Lipinski definition) is 4. The van der Waals surface area contributed by atoms with Crippen LogP contribution in [0.5, 0.6) is 0 Å². The van der Waals surface area contributed by atoms with E-state index >= 15 is 0 Å². The van der Waals surface area contributed by atoms with Gasteiger partial charge >= 0.3 is 0 Å². The van der Waals surface area contributed by atoms with Gasteiger partial charge < -0.3 is 10.6 Å². The monoisotopic (exact) mass is 279 g/mol. The molecule has 0 aliphatic heterocycles. The van der Waals surface area contributed by atoms with Crippen molar-refractivity contribution in [2.45, 2.75) is 26.8 Å². The number of benzene rings is 1. The van der Waals surface area contributed by atoms with Gasteiger partial charge in [-0.2, -0.15) is 0 Å². The molecule has 0 radical (unpaired) electrons. The van der Waals surface area contributed by atoms with Crippen LogP contribution >= 0.6 is 0 Å². The predicted molar refractivity (Wildman–Crippen MR) is 73.4 cm³/mol. The first-order chi connectivity index (χ1) is 9.31. The van der Waals surface area contributed by atoms with Gasteiger partial charge in [0.1, 0.15) is 0 Å². The van der Waals surface area contributed by atoms with E-state index in [2.05, 4.69) is 10.6 Å². The second-order valence-electron chi connectivity index (χ2n) is 4.66. The molecule has 0 atom stereocenters. The zero-order valence-electron chi connectivity index (χ0n) is 11.6. The van der Waals surface area contributed by atoms with Crippen LogP contribution in [0.4, 0.5) is 5.69 Å². The number of hydrogen-bond donors (Lipinski definition) is 2. The Balaban J connectivity index is 2.71. The standard InChI is InChI=1S/C13H17N3O4/c1-8(2)15-12(17)7-14-13(18)10-5-4-9(3)11(6-10)16(19)20/h4-6,8H,7H2,1-3H3,(H,14,18)(H,15,17). The minimum atomic E-state index is -0.544. The van der Waals surface area contributed by atoms with Crippen molar-refractivity contribution < 1.29 is 14.5 Å². The molecule has 0 aliphatic carbocycles. The Morgan fingerprint density at radius 2 is 2.00 bits per heavy atom. The molecule has 0 saturated carbocycles. The summed E-state index contributed by atoms with van der Waals surface area (Å²) >= 11 is 0. The topological polar surface area (TPSA) is 101 Å². The van der Waals surface area contributed by atoms with Crippen LogP contribution in [-0.2, 0) is 4.79 Å². The van der Waals surface area contributed by atoms with Crippen molar-refractivity contribution in [2.75, 3.05) is 6.54 Å². The van der Waals surface area contributed by atoms with Crippen LogP contribution in [0.15, 0.2) is 18.2 Å². The van der Waals surface area contributed by atoms with Crippen molar-refractivity contribution in [2.24, 2.45) is 0 Å². The highest BCUT2D eigenvalue weighted by Crippen LogP contribution is 2.19. The largest absolute Gasteiger partial charge is 0.352 e. The Hall–Kier alpha value is -2.44. The summed E-state index contributed by atoms with van der Waals surface area (Å²) in [4.78, 5) is 33.4. The normalized spacial score (nSPS) is 10.2. The van der Waals surface area contributed by atoms with E-state index in [9.17, 15) is 19.7 Å². The van der Waals surface area contributed by atoms with E-state index < -0.39 is 10.8 Å². The molecule has 2 N–H and O–H groups in total. The summed E-state index contributed by atoms with van der Waals surface area (Å²) in [5.74, 6) is -0.832. The molecule has 0 heterocycles. The maximum atomic E-state index is 11.8. The first-order valence-electron chi connectivity index (χ1n) is 6.14. The molecule has 1 rings (SSSR count). The Labute approximate surface area is 116 Å². The smallest absolute Gasteiger partial charge is 0.273 e. The molecule has 1 aromatic carbocycles. The van der Waals surface area contributed by atoms with E-state index in [1.807, 2.05) is 13.8 Å². The Morgan fingerprint density at radius 1 is 1.35 bits per heavy atom. The summed E-state index contributed by atoms with van der Waals surface area (Å²) in [6.45, 7) is 5.04. The van der Waals surface area contributed by atoms with Crippen LogP contribution in [-0.4, -0.2) is 29.3 Å². The van der Waals surface area contributed by atoms with Gasteiger partial charge in [-0.15, -0.1) is 0 Å². The van der Waals surface area contributed by atoms with Gasteiger partial charge in [-0.05, 0) is 26.8 Å². The van der Waals surface area contributed by atoms with E-state index in [4.69, 9.17) is 0 Å². The van der Waals surface area contributed by atoms with Crippen molar-refractivity contribution in [1.82, 2.24) is 10.6 Å². The van der Waals surface area contributed by atoms with Crippen molar-refractivity contribution in [3.8, 4) is 0 Å². The molecule has 1 aromatic rings. The van der Waals surface area contributed by atoms with E-state index in [-0.39, 0.29) is 29.7 Å². The van der Waals surface area contributed by atoms with Gasteiger partial charge in [0, 0.05) is 23.2 Å². The number of nitro groups is 1. The third-order valence-electron chi connectivity index (χ3n) is 2.53. The molecule has 20 heavy (non-hydrogen) atoms. The van der Waals surface area contributed by atoms with Crippen LogP contribution < -0.4 is 10.6 Å². The summed E-state index contributed by atoms with van der Waals surface area (Å²) in [5.41, 5.74) is 0.507. The number of rotatable bonds is 5. The van der Waals surface area contributed by atoms with Crippen molar-refractivity contribution in [3.05, 3.63) is 39.4 Å². The lowest BCUT2D eigenvalue weighted by atomic mass is 10.1. The van der Waals surface area contributed by atoms with Crippen LogP contribution in [0.3, 0.4) is 0 Å². The van der Waals surface area contributed by atoms with E-state index in [0.29, 0.717) is 5.56 Å². The molecule has 0 aromatic heterocycles. The van der Waals surface area contributed by atoms with Gasteiger partial charge in [0.05, 0.1) is 11.5 Å². The lowest BCUT2D eigenvalue weighted by Crippen LogP contribution is -2.39. The van der Waals surface area contributed by atoms with Gasteiger partial charge in [0.25, 0.3) is 11.6 Å². The number of nitro benzene ring substituents is 1. The highest BCUT2D eigenvalue weighted by molar-refractivity contribution is 5.97. The number of carbonyl (C=O) groups excluding carboxylic acids is 2. The van der Waals surface area contributed by atoms with Crippen LogP contribution in [0.2, 0.25) is 0 Å². The first kappa shape index (κ1) is 15.6. The number of amides is 2. The molecule has 0 bridgehead atoms. The highest BCUT2D eigenvalue weighted by Gasteiger charge is 2.15. The van der Waals surface area contributed by atoms with Gasteiger partial charge in [-0.25, -0.2) is 0 Å². The second-order valence-corrected chi connectivity index (χ2v) is 4.66. The molecule has 0 saturated heterocycles. The van der Waals surface area contributed by atoms with Crippen LogP contribution in [0.1, 0.15) is 29.8 Å². The molecule has 0 unspecified atom stereocenters. The summed E-state index contributed by atoms with van der Waals surface area (Å²) in [7, 11) is 0. The maximum absolute atomic E-state index is 11.8. The molecular weight excluding hydrogens is 262 g/mol. The molecule has 0 fully saturated rings. The lowest BCUT2D eigenvalue weighted by molar-refractivity contribution is -0.385. The Morgan fingerprint density at radius 3 is 2.55 bits per heavy atom. The molecule has 2 amide bonds. The summed E-state index contributed by atoms with van der Waals surface area (Å²) in [6.07, 6.45) is 0. The number of carbonyl (C=O) groups is 2. The summed E-state index contributed by atoms with van der Waals surface area (Å²) in [5, 5.41) is 15.8. The van der Waals surface area contributed by atoms with Crippen LogP contribution in [0, 0.1) is 17.0 Å². The maximum Gasteiger partial charge on any atom is 0.273 e. The average molecular weight is 279 g/mol. The van der Waals surface area contributed by atoms with Gasteiger partial charge in [0.2, 0.25) is 5.91 Å². The molecule has 108 valence electrons. The molecule has 7 heteroatoms. The van der Waals surface area contributed by atoms with E-state index in [1.165, 1.54) is 18.2 Å². The number of nitrogens with zero attached hydrogens (tertiary/aromatic N) is 1. The SMILES string of the molecule is Cc1ccc(C(=O)NCC(=O)NC(C)C)cc1[N+](=O)[O-]. The van der Waals surface area contributed by atoms with Crippen molar-refractivity contribution in [3.63, 3.8) is 0 Å². The predicted octanol–water partition coefficient (Wildman–Crippen LogP) is 1.16. The fraction of sp³-hybridized carbons (Fsp3) is 0.385. The minimum absolute atomic E-state index is 0.0140. The van der Waals surface area contributed by atoms with Crippen molar-refractivity contribution in [1.29, 1.82) is 0 Å². The summed E-state index contributed by atoms with van der Waals surface area (Å²) < 4.78 is 0. The lowest BCUT2D eigenvalue weighted by Gasteiger charge is -2.09. The third-order valence-corrected chi connectivity index (χ3v) is 2.53. The molecule has 0 spiro atoms. The number of nitrogens with one attached hydrogen (secondary N) is 2. The van der Waals surface area contributed by atoms with Gasteiger partial charge in [0.15, 0.2) is 0 Å². The second kappa shape index (κ2) is 6.65. The quantitative estimate of drug-likeness (QED) is 0.623. The van der Waals surface area contributed by atoms with E-state index in [0.717, 1.165) is 0 Å². The zero-order valence-corrected chi connectivity index (χ0v) is 11.6.